The molecular formula is C9H17NO3S. The molecule has 1 saturated heterocycles. The molecule has 0 radical (unpaired) electrons. The second-order valence-electron chi connectivity index (χ2n) is 3.69. The van der Waals surface area contributed by atoms with E-state index < -0.39 is 12.1 Å². The number of aliphatic hydroxyl groups excluding tert-OH is 1. The van der Waals surface area contributed by atoms with E-state index in [1.165, 1.54) is 0 Å². The highest BCUT2D eigenvalue weighted by Gasteiger charge is 2.20. The maximum absolute atomic E-state index is 10.3. The molecule has 4 nitrogen and oxygen atoms in total. The van der Waals surface area contributed by atoms with Gasteiger partial charge < -0.3 is 10.2 Å². The van der Waals surface area contributed by atoms with Gasteiger partial charge in [-0.1, -0.05) is 6.92 Å². The molecule has 1 aliphatic heterocycles. The number of carboxylic acids is 1. The van der Waals surface area contributed by atoms with Gasteiger partial charge in [-0.05, 0) is 0 Å². The molecule has 0 aromatic carbocycles. The quantitative estimate of drug-likeness (QED) is 0.710. The smallest absolute Gasteiger partial charge is 0.306 e. The normalized spacial score (nSPS) is 26.0. The standard InChI is InChI=1S/C9H17NO3S/c1-7-5-10(2-3-14-7)6-8(11)4-9(12)13/h7-8,11H,2-6H2,1H3,(H,12,13). The van der Waals surface area contributed by atoms with Crippen LogP contribution in [-0.2, 0) is 4.79 Å². The highest BCUT2D eigenvalue weighted by molar-refractivity contribution is 7.99. The lowest BCUT2D eigenvalue weighted by Gasteiger charge is -2.31. The monoisotopic (exact) mass is 219 g/mol. The minimum absolute atomic E-state index is 0.155. The van der Waals surface area contributed by atoms with Crippen LogP contribution in [0.4, 0.5) is 0 Å². The Morgan fingerprint density at radius 3 is 3.00 bits per heavy atom. The topological polar surface area (TPSA) is 60.8 Å². The third-order valence-corrected chi connectivity index (χ3v) is 3.34. The second kappa shape index (κ2) is 5.58. The number of carboxylic acid groups (broad SMARTS) is 1. The van der Waals surface area contributed by atoms with E-state index in [-0.39, 0.29) is 6.42 Å². The third-order valence-electron chi connectivity index (χ3n) is 2.20. The molecule has 2 atom stereocenters. The van der Waals surface area contributed by atoms with Gasteiger partial charge in [0.2, 0.25) is 0 Å². The Kier molecular flexibility index (Phi) is 4.71. The second-order valence-corrected chi connectivity index (χ2v) is 5.24. The van der Waals surface area contributed by atoms with E-state index in [0.29, 0.717) is 11.8 Å². The van der Waals surface area contributed by atoms with Crippen molar-refractivity contribution in [3.05, 3.63) is 0 Å². The molecule has 1 aliphatic rings. The number of aliphatic carboxylic acids is 1. The largest absolute Gasteiger partial charge is 0.481 e. The molecule has 2 N–H and O–H groups in total. The lowest BCUT2D eigenvalue weighted by Crippen LogP contribution is -2.41. The highest BCUT2D eigenvalue weighted by atomic mass is 32.2. The van der Waals surface area contributed by atoms with Crippen molar-refractivity contribution in [2.24, 2.45) is 0 Å². The Morgan fingerprint density at radius 1 is 1.71 bits per heavy atom. The molecule has 0 spiro atoms. The number of β-amino-alcohol motifs (C(OH)–C–C–N with tert-alkyl or cyclic N) is 1. The van der Waals surface area contributed by atoms with Crippen LogP contribution in [0.3, 0.4) is 0 Å². The zero-order valence-corrected chi connectivity index (χ0v) is 9.16. The Hall–Kier alpha value is -0.260. The minimum atomic E-state index is -0.933. The highest BCUT2D eigenvalue weighted by Crippen LogP contribution is 2.17. The molecule has 0 aromatic heterocycles. The van der Waals surface area contributed by atoms with E-state index >= 15 is 0 Å². The lowest BCUT2D eigenvalue weighted by molar-refractivity contribution is -0.139. The summed E-state index contributed by atoms with van der Waals surface area (Å²) in [6.07, 6.45) is -0.888. The van der Waals surface area contributed by atoms with Crippen molar-refractivity contribution in [3.8, 4) is 0 Å². The SMILES string of the molecule is CC1CN(CC(O)CC(=O)O)CCS1. The average Bonchev–Trinajstić information content (AvgIpc) is 2.01. The van der Waals surface area contributed by atoms with Gasteiger partial charge >= 0.3 is 5.97 Å². The number of hydrogen-bond donors (Lipinski definition) is 2. The fraction of sp³-hybridized carbons (Fsp3) is 0.889. The van der Waals surface area contributed by atoms with Gasteiger partial charge in [0, 0.05) is 30.6 Å². The first-order valence-corrected chi connectivity index (χ1v) is 5.86. The van der Waals surface area contributed by atoms with E-state index in [1.807, 2.05) is 11.8 Å². The molecule has 0 bridgehead atoms. The number of hydrogen-bond acceptors (Lipinski definition) is 4. The van der Waals surface area contributed by atoms with Gasteiger partial charge in [-0.2, -0.15) is 11.8 Å². The van der Waals surface area contributed by atoms with E-state index in [0.717, 1.165) is 18.8 Å². The molecule has 1 rings (SSSR count). The number of rotatable bonds is 4. The first-order valence-electron chi connectivity index (χ1n) is 4.81. The van der Waals surface area contributed by atoms with Gasteiger partial charge in [0.05, 0.1) is 12.5 Å². The van der Waals surface area contributed by atoms with Gasteiger partial charge in [0.25, 0.3) is 0 Å². The summed E-state index contributed by atoms with van der Waals surface area (Å²) in [7, 11) is 0. The average molecular weight is 219 g/mol. The van der Waals surface area contributed by atoms with Crippen molar-refractivity contribution >= 4 is 17.7 Å². The summed E-state index contributed by atoms with van der Waals surface area (Å²) in [6, 6.07) is 0. The van der Waals surface area contributed by atoms with Gasteiger partial charge in [-0.3, -0.25) is 9.69 Å². The zero-order valence-electron chi connectivity index (χ0n) is 8.35. The van der Waals surface area contributed by atoms with E-state index in [1.54, 1.807) is 0 Å². The number of carbonyl (C=O) groups is 1. The molecule has 0 aliphatic carbocycles. The van der Waals surface area contributed by atoms with Gasteiger partial charge in [0.1, 0.15) is 0 Å². The van der Waals surface area contributed by atoms with E-state index in [9.17, 15) is 9.90 Å². The minimum Gasteiger partial charge on any atom is -0.481 e. The Balaban J connectivity index is 2.25. The molecule has 82 valence electrons. The predicted molar refractivity (Wildman–Crippen MR) is 56.6 cm³/mol. The van der Waals surface area contributed by atoms with Crippen LogP contribution in [0, 0.1) is 0 Å². The summed E-state index contributed by atoms with van der Waals surface area (Å²) in [6.45, 7) is 4.53. The Morgan fingerprint density at radius 2 is 2.43 bits per heavy atom. The summed E-state index contributed by atoms with van der Waals surface area (Å²) in [4.78, 5) is 12.5. The lowest BCUT2D eigenvalue weighted by atomic mass is 10.2. The van der Waals surface area contributed by atoms with Crippen LogP contribution in [0.1, 0.15) is 13.3 Å². The van der Waals surface area contributed by atoms with Crippen molar-refractivity contribution in [2.75, 3.05) is 25.4 Å². The molecule has 0 amide bonds. The maximum atomic E-state index is 10.3. The van der Waals surface area contributed by atoms with E-state index in [2.05, 4.69) is 11.8 Å². The maximum Gasteiger partial charge on any atom is 0.306 e. The summed E-state index contributed by atoms with van der Waals surface area (Å²) in [5.41, 5.74) is 0. The van der Waals surface area contributed by atoms with Crippen LogP contribution in [0.15, 0.2) is 0 Å². The van der Waals surface area contributed by atoms with Gasteiger partial charge in [-0.15, -0.1) is 0 Å². The number of nitrogens with zero attached hydrogens (tertiary/aromatic N) is 1. The zero-order chi connectivity index (χ0) is 10.6. The van der Waals surface area contributed by atoms with Crippen LogP contribution < -0.4 is 0 Å². The Bertz CT molecular complexity index is 200. The summed E-state index contributed by atoms with van der Waals surface area (Å²) in [5, 5.41) is 18.5. The first-order chi connectivity index (χ1) is 6.58. The van der Waals surface area contributed by atoms with Crippen molar-refractivity contribution in [3.63, 3.8) is 0 Å². The molecular weight excluding hydrogens is 202 g/mol. The fourth-order valence-electron chi connectivity index (χ4n) is 1.62. The molecule has 0 saturated carbocycles. The van der Waals surface area contributed by atoms with Gasteiger partial charge in [0.15, 0.2) is 0 Å². The fourth-order valence-corrected chi connectivity index (χ4v) is 2.70. The van der Waals surface area contributed by atoms with Crippen LogP contribution in [0.2, 0.25) is 0 Å². The van der Waals surface area contributed by atoms with Crippen molar-refractivity contribution in [1.82, 2.24) is 4.90 Å². The first kappa shape index (κ1) is 11.8. The van der Waals surface area contributed by atoms with Crippen molar-refractivity contribution in [2.45, 2.75) is 24.7 Å². The molecule has 1 fully saturated rings. The third kappa shape index (κ3) is 4.30. The van der Waals surface area contributed by atoms with Crippen molar-refractivity contribution in [1.29, 1.82) is 0 Å². The number of thioether (sulfide) groups is 1. The number of aliphatic hydroxyl groups is 1. The molecule has 0 aromatic rings. The van der Waals surface area contributed by atoms with E-state index in [4.69, 9.17) is 5.11 Å². The summed E-state index contributed by atoms with van der Waals surface area (Å²) < 4.78 is 0. The molecule has 5 heteroatoms. The summed E-state index contributed by atoms with van der Waals surface area (Å²) in [5.74, 6) is 0.137. The van der Waals surface area contributed by atoms with Crippen LogP contribution >= 0.6 is 11.8 Å². The summed E-state index contributed by atoms with van der Waals surface area (Å²) >= 11 is 1.92. The van der Waals surface area contributed by atoms with Gasteiger partial charge in [-0.25, -0.2) is 0 Å². The molecule has 14 heavy (non-hydrogen) atoms. The van der Waals surface area contributed by atoms with Crippen LogP contribution in [0.5, 0.6) is 0 Å². The van der Waals surface area contributed by atoms with Crippen molar-refractivity contribution < 1.29 is 15.0 Å². The molecule has 1 heterocycles. The van der Waals surface area contributed by atoms with Crippen LogP contribution in [0.25, 0.3) is 0 Å². The Labute approximate surface area is 88.3 Å². The van der Waals surface area contributed by atoms with Crippen LogP contribution in [-0.4, -0.2) is 57.8 Å². The predicted octanol–water partition coefficient (Wildman–Crippen LogP) is 0.259. The molecule has 2 unspecified atom stereocenters.